The van der Waals surface area contributed by atoms with Crippen molar-refractivity contribution in [2.24, 2.45) is 0 Å². The lowest BCUT2D eigenvalue weighted by Crippen LogP contribution is -2.34. The van der Waals surface area contributed by atoms with Crippen molar-refractivity contribution in [3.8, 4) is 11.7 Å². The standard InChI is InChI=1S/C23H18Cl2F3N5O5S2/c1-11-6-13(24)8-14(21(34)30-10-23(26,27)28)19(11)31-22(35)16-9-17(38-12(2)7-18(39-36)40-37)32-33(16)20-15(25)4-3-5-29-20/h3-6,8-9,12,18H,7,10H2,1-2H3/p+2. The van der Waals surface area contributed by atoms with Gasteiger partial charge in [-0.1, -0.05) is 23.2 Å². The third-order valence-electron chi connectivity index (χ3n) is 5.15. The van der Waals surface area contributed by atoms with E-state index in [1.54, 1.807) is 18.3 Å². The van der Waals surface area contributed by atoms with Crippen LogP contribution in [0.5, 0.6) is 5.88 Å². The fourth-order valence-electron chi connectivity index (χ4n) is 3.43. The number of ether oxygens (including phenoxy) is 1. The number of rotatable bonds is 11. The second-order valence-electron chi connectivity index (χ2n) is 8.27. The van der Waals surface area contributed by atoms with Gasteiger partial charge in [-0.25, -0.2) is 9.67 Å². The highest BCUT2D eigenvalue weighted by atomic mass is 35.5. The molecule has 2 N–H and O–H groups in total. The number of hydrogen-bond donors (Lipinski definition) is 2. The molecular weight excluding hydrogens is 618 g/mol. The van der Waals surface area contributed by atoms with Gasteiger partial charge >= 0.3 is 34.1 Å². The third-order valence-corrected chi connectivity index (χ3v) is 6.95. The Balaban J connectivity index is 2.00. The van der Waals surface area contributed by atoms with Crippen molar-refractivity contribution in [1.82, 2.24) is 20.1 Å². The van der Waals surface area contributed by atoms with Crippen molar-refractivity contribution in [3.63, 3.8) is 0 Å². The van der Waals surface area contributed by atoms with E-state index < -0.39 is 35.2 Å². The highest BCUT2D eigenvalue weighted by Crippen LogP contribution is 2.28. The van der Waals surface area contributed by atoms with E-state index in [9.17, 15) is 31.2 Å². The zero-order valence-electron chi connectivity index (χ0n) is 20.6. The molecule has 0 saturated heterocycles. The van der Waals surface area contributed by atoms with E-state index in [0.717, 1.165) is 10.7 Å². The third kappa shape index (κ3) is 8.13. The van der Waals surface area contributed by atoms with Crippen LogP contribution in [-0.2, 0) is 31.8 Å². The summed E-state index contributed by atoms with van der Waals surface area (Å²) in [7, 11) is 0. The van der Waals surface area contributed by atoms with E-state index in [4.69, 9.17) is 27.9 Å². The minimum Gasteiger partial charge on any atom is -0.473 e. The van der Waals surface area contributed by atoms with Crippen LogP contribution in [0.25, 0.3) is 5.82 Å². The van der Waals surface area contributed by atoms with Crippen molar-refractivity contribution in [2.45, 2.75) is 37.1 Å². The first-order valence-corrected chi connectivity index (χ1v) is 13.6. The number of pyridine rings is 1. The maximum absolute atomic E-state index is 13.5. The van der Waals surface area contributed by atoms with Gasteiger partial charge in [0, 0.05) is 25.7 Å². The van der Waals surface area contributed by atoms with Crippen LogP contribution in [0.4, 0.5) is 18.9 Å². The van der Waals surface area contributed by atoms with Gasteiger partial charge in [0.05, 0.1) is 16.3 Å². The van der Waals surface area contributed by atoms with Gasteiger partial charge in [-0.2, -0.15) is 13.2 Å². The molecule has 40 heavy (non-hydrogen) atoms. The van der Waals surface area contributed by atoms with Gasteiger partial charge in [-0.3, -0.25) is 9.59 Å². The lowest BCUT2D eigenvalue weighted by molar-refractivity contribution is -0.123. The van der Waals surface area contributed by atoms with E-state index in [0.29, 0.717) is 5.56 Å². The van der Waals surface area contributed by atoms with Crippen molar-refractivity contribution in [3.05, 3.63) is 63.4 Å². The average Bonchev–Trinajstić information content (AvgIpc) is 3.30. The summed E-state index contributed by atoms with van der Waals surface area (Å²) >= 11 is 12.6. The summed E-state index contributed by atoms with van der Waals surface area (Å²) in [6.07, 6.45) is -3.81. The highest BCUT2D eigenvalue weighted by Gasteiger charge is 2.38. The van der Waals surface area contributed by atoms with E-state index >= 15 is 0 Å². The lowest BCUT2D eigenvalue weighted by Gasteiger charge is -2.16. The largest absolute Gasteiger partial charge is 0.536 e. The van der Waals surface area contributed by atoms with Gasteiger partial charge in [-0.05, 0) is 43.7 Å². The van der Waals surface area contributed by atoms with Crippen LogP contribution in [-0.4, -0.2) is 50.0 Å². The number of aryl methyl sites for hydroxylation is 1. The minimum absolute atomic E-state index is 0.0518. The van der Waals surface area contributed by atoms with Gasteiger partial charge in [0.15, 0.2) is 5.82 Å². The molecule has 2 heterocycles. The summed E-state index contributed by atoms with van der Waals surface area (Å²) in [5.41, 5.74) is -0.258. The first-order valence-electron chi connectivity index (χ1n) is 11.2. The number of carbonyl (C=O) groups excluding carboxylic acids is 2. The summed E-state index contributed by atoms with van der Waals surface area (Å²) < 4.78 is 66.1. The number of aromatic nitrogens is 3. The molecule has 0 aliphatic rings. The van der Waals surface area contributed by atoms with Crippen LogP contribution in [0.2, 0.25) is 10.0 Å². The molecular formula is C23H20Cl2F3N5O5S2+2. The number of hydrogen-bond acceptors (Lipinski definition) is 7. The number of benzene rings is 1. The van der Waals surface area contributed by atoms with Gasteiger partial charge in [0.2, 0.25) is 5.88 Å². The Labute approximate surface area is 243 Å². The molecule has 1 aromatic carbocycles. The van der Waals surface area contributed by atoms with Crippen LogP contribution in [0, 0.1) is 6.92 Å². The monoisotopic (exact) mass is 637 g/mol. The van der Waals surface area contributed by atoms with Crippen molar-refractivity contribution >= 4 is 64.0 Å². The first kappa shape index (κ1) is 31.3. The van der Waals surface area contributed by atoms with E-state index in [1.807, 2.05) is 0 Å². The Morgan fingerprint density at radius 1 is 1.15 bits per heavy atom. The molecule has 212 valence electrons. The maximum atomic E-state index is 13.5. The SMILES string of the molecule is Cc1cc(Cl)cc(C(=O)NCC(F)(F)F)c1NC(=O)c1cc(OC(C)CC([S+]=O)[S+]=O)nn1-c1ncccc1Cl. The molecule has 0 radical (unpaired) electrons. The molecule has 0 fully saturated rings. The normalized spacial score (nSPS) is 12.1. The Hall–Kier alpha value is -3.27. The molecule has 0 bridgehead atoms. The molecule has 0 aliphatic carbocycles. The average molecular weight is 638 g/mol. The summed E-state index contributed by atoms with van der Waals surface area (Å²) in [6.45, 7) is 1.52. The molecule has 2 amide bonds. The Bertz CT molecular complexity index is 1430. The van der Waals surface area contributed by atoms with Crippen molar-refractivity contribution in [2.75, 3.05) is 11.9 Å². The lowest BCUT2D eigenvalue weighted by atomic mass is 10.1. The fraction of sp³-hybridized carbons (Fsp3) is 0.304. The molecule has 1 unspecified atom stereocenters. The molecule has 3 rings (SSSR count). The van der Waals surface area contributed by atoms with Gasteiger partial charge in [0.1, 0.15) is 24.8 Å². The minimum atomic E-state index is -4.66. The molecule has 0 saturated carbocycles. The molecule has 17 heteroatoms. The van der Waals surface area contributed by atoms with Crippen LogP contribution >= 0.6 is 23.2 Å². The predicted octanol–water partition coefficient (Wildman–Crippen LogP) is 4.77. The number of amides is 2. The quantitative estimate of drug-likeness (QED) is 0.229. The maximum Gasteiger partial charge on any atom is 0.536 e. The topological polar surface area (TPSA) is 132 Å². The molecule has 3 aromatic rings. The second-order valence-corrected chi connectivity index (χ2v) is 10.9. The van der Waals surface area contributed by atoms with E-state index in [1.165, 1.54) is 31.3 Å². The number of anilines is 1. The summed E-state index contributed by atoms with van der Waals surface area (Å²) in [4.78, 5) is 30.2. The van der Waals surface area contributed by atoms with Gasteiger partial charge in [-0.15, -0.1) is 5.10 Å². The first-order chi connectivity index (χ1) is 18.8. The fourth-order valence-corrected chi connectivity index (χ4v) is 4.74. The van der Waals surface area contributed by atoms with Crippen LogP contribution in [0.15, 0.2) is 36.5 Å². The van der Waals surface area contributed by atoms with Gasteiger partial charge < -0.3 is 15.4 Å². The zero-order valence-corrected chi connectivity index (χ0v) is 23.8. The number of carbonyl (C=O) groups is 2. The highest BCUT2D eigenvalue weighted by molar-refractivity contribution is 7.84. The molecule has 1 atom stereocenters. The Morgan fingerprint density at radius 3 is 2.48 bits per heavy atom. The number of nitrogens with zero attached hydrogens (tertiary/aromatic N) is 3. The van der Waals surface area contributed by atoms with Crippen molar-refractivity contribution in [1.29, 1.82) is 0 Å². The van der Waals surface area contributed by atoms with E-state index in [-0.39, 0.29) is 68.4 Å². The zero-order chi connectivity index (χ0) is 29.6. The Kier molecular flexibility index (Phi) is 10.5. The Morgan fingerprint density at radius 2 is 1.85 bits per heavy atom. The number of alkyl halides is 3. The van der Waals surface area contributed by atoms with Crippen molar-refractivity contribution < 1.29 is 35.9 Å². The van der Waals surface area contributed by atoms with Crippen LogP contribution < -0.4 is 15.4 Å². The molecule has 10 nitrogen and oxygen atoms in total. The van der Waals surface area contributed by atoms with Crippen LogP contribution in [0.1, 0.15) is 39.8 Å². The number of nitrogens with one attached hydrogen (secondary N) is 2. The second kappa shape index (κ2) is 13.4. The number of halogens is 5. The molecule has 0 spiro atoms. The summed E-state index contributed by atoms with van der Waals surface area (Å²) in [6, 6.07) is 6.84. The van der Waals surface area contributed by atoms with E-state index in [2.05, 4.69) is 15.4 Å². The molecule has 2 aromatic heterocycles. The molecule has 0 aliphatic heterocycles. The summed E-state index contributed by atoms with van der Waals surface area (Å²) in [5.74, 6) is -1.97. The summed E-state index contributed by atoms with van der Waals surface area (Å²) in [5, 5.41) is 8.72. The smallest absolute Gasteiger partial charge is 0.473 e. The predicted molar refractivity (Wildman–Crippen MR) is 143 cm³/mol. The van der Waals surface area contributed by atoms with Gasteiger partial charge in [0.25, 0.3) is 11.8 Å². The van der Waals surface area contributed by atoms with Crippen LogP contribution in [0.3, 0.4) is 0 Å².